The van der Waals surface area contributed by atoms with Gasteiger partial charge >= 0.3 is 0 Å². The standard InChI is InChI=1S/C11H18N2O.ClH/c1-3-8(2)11(14)13-5-4-9-6-12-7-10(9)13;/h3,9-10,12H,4-7H2,1-2H3;1H/b8-3-;/t9-,10+;/m0./s1. The minimum absolute atomic E-state index is 0. The lowest BCUT2D eigenvalue weighted by molar-refractivity contribution is -0.127. The quantitative estimate of drug-likeness (QED) is 0.687. The first kappa shape index (κ1) is 12.5. The second-order valence-electron chi connectivity index (χ2n) is 4.24. The predicted octanol–water partition coefficient (Wildman–Crippen LogP) is 1.19. The molecule has 2 aliphatic rings. The smallest absolute Gasteiger partial charge is 0.249 e. The van der Waals surface area contributed by atoms with E-state index in [0.29, 0.717) is 12.0 Å². The minimum Gasteiger partial charge on any atom is -0.334 e. The maximum absolute atomic E-state index is 11.9. The van der Waals surface area contributed by atoms with E-state index < -0.39 is 0 Å². The minimum atomic E-state index is 0. The number of hydrogen-bond acceptors (Lipinski definition) is 2. The zero-order chi connectivity index (χ0) is 10.1. The van der Waals surface area contributed by atoms with Gasteiger partial charge in [0.25, 0.3) is 0 Å². The van der Waals surface area contributed by atoms with Gasteiger partial charge < -0.3 is 10.2 Å². The topological polar surface area (TPSA) is 32.3 Å². The maximum Gasteiger partial charge on any atom is 0.249 e. The molecule has 2 atom stereocenters. The highest BCUT2D eigenvalue weighted by Crippen LogP contribution is 2.28. The monoisotopic (exact) mass is 230 g/mol. The van der Waals surface area contributed by atoms with E-state index in [-0.39, 0.29) is 18.3 Å². The number of rotatable bonds is 1. The van der Waals surface area contributed by atoms with Crippen LogP contribution < -0.4 is 5.32 Å². The Bertz CT molecular complexity index is 278. The number of likely N-dealkylation sites (tertiary alicyclic amines) is 1. The van der Waals surface area contributed by atoms with Gasteiger partial charge in [-0.05, 0) is 26.2 Å². The SMILES string of the molecule is C/C=C(/C)C(=O)N1CC[C@H]2CNC[C@H]21.Cl. The van der Waals surface area contributed by atoms with Crippen molar-refractivity contribution in [3.8, 4) is 0 Å². The molecule has 0 aromatic heterocycles. The number of hydrogen-bond donors (Lipinski definition) is 1. The molecule has 0 saturated carbocycles. The van der Waals surface area contributed by atoms with Crippen LogP contribution in [0, 0.1) is 5.92 Å². The van der Waals surface area contributed by atoms with Crippen LogP contribution in [0.5, 0.6) is 0 Å². The van der Waals surface area contributed by atoms with Crippen LogP contribution in [0.4, 0.5) is 0 Å². The third-order valence-corrected chi connectivity index (χ3v) is 3.48. The Morgan fingerprint density at radius 3 is 2.87 bits per heavy atom. The number of nitrogens with zero attached hydrogens (tertiary/aromatic N) is 1. The van der Waals surface area contributed by atoms with Crippen molar-refractivity contribution < 1.29 is 4.79 Å². The van der Waals surface area contributed by atoms with Crippen molar-refractivity contribution in [3.05, 3.63) is 11.6 Å². The van der Waals surface area contributed by atoms with Crippen LogP contribution in [0.15, 0.2) is 11.6 Å². The lowest BCUT2D eigenvalue weighted by atomic mass is 10.0. The van der Waals surface area contributed by atoms with Crippen molar-refractivity contribution in [3.63, 3.8) is 0 Å². The van der Waals surface area contributed by atoms with Crippen molar-refractivity contribution in [2.24, 2.45) is 5.92 Å². The molecule has 1 N–H and O–H groups in total. The third-order valence-electron chi connectivity index (χ3n) is 3.48. The third kappa shape index (κ3) is 2.18. The van der Waals surface area contributed by atoms with Gasteiger partial charge in [0, 0.05) is 31.2 Å². The summed E-state index contributed by atoms with van der Waals surface area (Å²) in [6.07, 6.45) is 3.07. The van der Waals surface area contributed by atoms with Gasteiger partial charge in [-0.2, -0.15) is 0 Å². The van der Waals surface area contributed by atoms with E-state index in [1.807, 2.05) is 24.8 Å². The first-order valence-electron chi connectivity index (χ1n) is 5.38. The molecule has 2 fully saturated rings. The van der Waals surface area contributed by atoms with E-state index in [9.17, 15) is 4.79 Å². The van der Waals surface area contributed by atoms with Gasteiger partial charge in [-0.1, -0.05) is 6.08 Å². The Kier molecular flexibility index (Phi) is 4.17. The summed E-state index contributed by atoms with van der Waals surface area (Å²) in [5.41, 5.74) is 0.873. The summed E-state index contributed by atoms with van der Waals surface area (Å²) in [6, 6.07) is 0.456. The molecule has 86 valence electrons. The van der Waals surface area contributed by atoms with E-state index >= 15 is 0 Å². The van der Waals surface area contributed by atoms with Gasteiger partial charge in [-0.3, -0.25) is 4.79 Å². The van der Waals surface area contributed by atoms with Gasteiger partial charge in [0.15, 0.2) is 0 Å². The molecular formula is C11H19ClN2O. The molecule has 2 aliphatic heterocycles. The van der Waals surface area contributed by atoms with Gasteiger partial charge in [-0.15, -0.1) is 12.4 Å². The number of carbonyl (C=O) groups excluding carboxylic acids is 1. The Morgan fingerprint density at radius 2 is 2.20 bits per heavy atom. The Balaban J connectivity index is 0.00000112. The summed E-state index contributed by atoms with van der Waals surface area (Å²) in [5.74, 6) is 0.923. The molecular weight excluding hydrogens is 212 g/mol. The van der Waals surface area contributed by atoms with Crippen LogP contribution in [0.3, 0.4) is 0 Å². The zero-order valence-electron chi connectivity index (χ0n) is 9.32. The number of halogens is 1. The van der Waals surface area contributed by atoms with E-state index in [1.54, 1.807) is 0 Å². The fourth-order valence-electron chi connectivity index (χ4n) is 2.45. The molecule has 4 heteroatoms. The molecule has 0 radical (unpaired) electrons. The molecule has 0 aromatic rings. The van der Waals surface area contributed by atoms with E-state index in [2.05, 4.69) is 5.32 Å². The lowest BCUT2D eigenvalue weighted by Crippen LogP contribution is -2.39. The van der Waals surface area contributed by atoms with E-state index in [0.717, 1.165) is 25.2 Å². The first-order valence-corrected chi connectivity index (χ1v) is 5.38. The predicted molar refractivity (Wildman–Crippen MR) is 63.2 cm³/mol. The van der Waals surface area contributed by atoms with Crippen LogP contribution >= 0.6 is 12.4 Å². The second kappa shape index (κ2) is 4.99. The van der Waals surface area contributed by atoms with Crippen molar-refractivity contribution in [1.82, 2.24) is 10.2 Å². The summed E-state index contributed by atoms with van der Waals surface area (Å²) < 4.78 is 0. The summed E-state index contributed by atoms with van der Waals surface area (Å²) >= 11 is 0. The molecule has 2 heterocycles. The van der Waals surface area contributed by atoms with Gasteiger partial charge in [0.05, 0.1) is 0 Å². The maximum atomic E-state index is 11.9. The molecule has 0 spiro atoms. The lowest BCUT2D eigenvalue weighted by Gasteiger charge is -2.23. The Labute approximate surface area is 97.3 Å². The Morgan fingerprint density at radius 1 is 1.47 bits per heavy atom. The number of allylic oxidation sites excluding steroid dienone is 1. The fraction of sp³-hybridized carbons (Fsp3) is 0.727. The summed E-state index contributed by atoms with van der Waals surface area (Å²) in [5, 5.41) is 3.35. The number of fused-ring (bicyclic) bond motifs is 1. The summed E-state index contributed by atoms with van der Waals surface area (Å²) in [7, 11) is 0. The largest absolute Gasteiger partial charge is 0.334 e. The molecule has 0 aliphatic carbocycles. The van der Waals surface area contributed by atoms with Crippen LogP contribution in [0.2, 0.25) is 0 Å². The van der Waals surface area contributed by atoms with Crippen molar-refractivity contribution in [2.75, 3.05) is 19.6 Å². The number of carbonyl (C=O) groups is 1. The van der Waals surface area contributed by atoms with E-state index in [4.69, 9.17) is 0 Å². The van der Waals surface area contributed by atoms with Crippen LogP contribution in [-0.2, 0) is 4.79 Å². The molecule has 2 saturated heterocycles. The van der Waals surface area contributed by atoms with Crippen molar-refractivity contribution in [1.29, 1.82) is 0 Å². The molecule has 0 aromatic carbocycles. The van der Waals surface area contributed by atoms with Crippen molar-refractivity contribution in [2.45, 2.75) is 26.3 Å². The molecule has 0 bridgehead atoms. The average Bonchev–Trinajstić information content (AvgIpc) is 2.76. The first-order chi connectivity index (χ1) is 6.74. The van der Waals surface area contributed by atoms with E-state index in [1.165, 1.54) is 6.42 Å². The zero-order valence-corrected chi connectivity index (χ0v) is 10.1. The normalized spacial score (nSPS) is 30.0. The van der Waals surface area contributed by atoms with Crippen LogP contribution in [0.1, 0.15) is 20.3 Å². The summed E-state index contributed by atoms with van der Waals surface area (Å²) in [4.78, 5) is 14.0. The molecule has 1 amide bonds. The Hall–Kier alpha value is -0.540. The van der Waals surface area contributed by atoms with Crippen molar-refractivity contribution >= 4 is 18.3 Å². The number of amides is 1. The van der Waals surface area contributed by atoms with Gasteiger partial charge in [-0.25, -0.2) is 0 Å². The molecule has 3 nitrogen and oxygen atoms in total. The average molecular weight is 231 g/mol. The fourth-order valence-corrected chi connectivity index (χ4v) is 2.45. The second-order valence-corrected chi connectivity index (χ2v) is 4.24. The van der Waals surface area contributed by atoms with Gasteiger partial charge in [0.1, 0.15) is 0 Å². The summed E-state index contributed by atoms with van der Waals surface area (Å²) in [6.45, 7) is 6.84. The highest BCUT2D eigenvalue weighted by Gasteiger charge is 2.39. The highest BCUT2D eigenvalue weighted by atomic mass is 35.5. The van der Waals surface area contributed by atoms with Gasteiger partial charge in [0.2, 0.25) is 5.91 Å². The van der Waals surface area contributed by atoms with Crippen LogP contribution in [0.25, 0.3) is 0 Å². The number of nitrogens with one attached hydrogen (secondary N) is 1. The molecule has 15 heavy (non-hydrogen) atoms. The highest BCUT2D eigenvalue weighted by molar-refractivity contribution is 5.93. The molecule has 0 unspecified atom stereocenters. The van der Waals surface area contributed by atoms with Crippen LogP contribution in [-0.4, -0.2) is 36.5 Å². The molecule has 2 rings (SSSR count).